The van der Waals surface area contributed by atoms with Gasteiger partial charge in [-0.25, -0.2) is 0 Å². The minimum absolute atomic E-state index is 0.0368. The zero-order valence-electron chi connectivity index (χ0n) is 13.4. The number of amides is 1. The van der Waals surface area contributed by atoms with Crippen LogP contribution in [-0.2, 0) is 0 Å². The summed E-state index contributed by atoms with van der Waals surface area (Å²) >= 11 is 5.06. The summed E-state index contributed by atoms with van der Waals surface area (Å²) < 4.78 is 6.68. The lowest BCUT2D eigenvalue weighted by Gasteiger charge is -2.31. The SMILES string of the molecule is O=C(c1ccccc1Br)N1CCCC(c2nnc(-c3ccsc3)o2)C1. The first-order chi connectivity index (χ1) is 12.2. The van der Waals surface area contributed by atoms with E-state index in [9.17, 15) is 4.79 Å². The fraction of sp³-hybridized carbons (Fsp3) is 0.278. The first kappa shape index (κ1) is 16.5. The first-order valence-electron chi connectivity index (χ1n) is 8.12. The predicted molar refractivity (Wildman–Crippen MR) is 99.6 cm³/mol. The molecule has 5 nitrogen and oxygen atoms in total. The van der Waals surface area contributed by atoms with Gasteiger partial charge in [0.25, 0.3) is 5.91 Å². The standard InChI is InChI=1S/C18H16BrN3O2S/c19-15-6-2-1-5-14(15)18(23)22-8-3-4-12(10-22)16-20-21-17(24-16)13-7-9-25-11-13/h1-2,5-7,9,11-12H,3-4,8,10H2. The highest BCUT2D eigenvalue weighted by Gasteiger charge is 2.29. The minimum atomic E-state index is 0.0368. The highest BCUT2D eigenvalue weighted by molar-refractivity contribution is 9.10. The second kappa shape index (κ2) is 7.09. The van der Waals surface area contributed by atoms with E-state index in [1.165, 1.54) is 0 Å². The van der Waals surface area contributed by atoms with Crippen molar-refractivity contribution in [1.82, 2.24) is 15.1 Å². The molecule has 1 atom stereocenters. The number of nitrogens with zero attached hydrogens (tertiary/aromatic N) is 3. The van der Waals surface area contributed by atoms with Gasteiger partial charge in [-0.1, -0.05) is 12.1 Å². The van der Waals surface area contributed by atoms with E-state index in [2.05, 4.69) is 26.1 Å². The molecule has 1 saturated heterocycles. The molecular formula is C18H16BrN3O2S. The Morgan fingerprint density at radius 3 is 2.96 bits per heavy atom. The van der Waals surface area contributed by atoms with Gasteiger partial charge in [0.05, 0.1) is 11.5 Å². The third-order valence-electron chi connectivity index (χ3n) is 4.37. The van der Waals surface area contributed by atoms with Crippen molar-refractivity contribution in [2.24, 2.45) is 0 Å². The third kappa shape index (κ3) is 3.39. The van der Waals surface area contributed by atoms with Gasteiger partial charge in [-0.05, 0) is 52.4 Å². The van der Waals surface area contributed by atoms with Crippen LogP contribution in [0, 0.1) is 0 Å². The maximum Gasteiger partial charge on any atom is 0.255 e. The minimum Gasteiger partial charge on any atom is -0.420 e. The summed E-state index contributed by atoms with van der Waals surface area (Å²) in [6.45, 7) is 1.35. The molecule has 128 valence electrons. The van der Waals surface area contributed by atoms with E-state index in [4.69, 9.17) is 4.42 Å². The smallest absolute Gasteiger partial charge is 0.255 e. The van der Waals surface area contributed by atoms with Crippen LogP contribution in [0.3, 0.4) is 0 Å². The van der Waals surface area contributed by atoms with Crippen LogP contribution >= 0.6 is 27.3 Å². The number of carbonyl (C=O) groups is 1. The second-order valence-electron chi connectivity index (χ2n) is 6.03. The molecule has 0 N–H and O–H groups in total. The molecule has 4 rings (SSSR count). The van der Waals surface area contributed by atoms with Crippen LogP contribution in [0.4, 0.5) is 0 Å². The van der Waals surface area contributed by atoms with Gasteiger partial charge in [0.2, 0.25) is 11.8 Å². The van der Waals surface area contributed by atoms with Crippen molar-refractivity contribution in [2.45, 2.75) is 18.8 Å². The number of likely N-dealkylation sites (tertiary alicyclic amines) is 1. The monoisotopic (exact) mass is 417 g/mol. The van der Waals surface area contributed by atoms with Gasteiger partial charge < -0.3 is 9.32 Å². The number of hydrogen-bond acceptors (Lipinski definition) is 5. The number of thiophene rings is 1. The number of benzene rings is 1. The summed E-state index contributed by atoms with van der Waals surface area (Å²) in [5.41, 5.74) is 1.63. The van der Waals surface area contributed by atoms with Crippen LogP contribution in [0.2, 0.25) is 0 Å². The first-order valence-corrected chi connectivity index (χ1v) is 9.86. The highest BCUT2D eigenvalue weighted by atomic mass is 79.9. The molecule has 2 aromatic heterocycles. The molecular weight excluding hydrogens is 402 g/mol. The van der Waals surface area contributed by atoms with Crippen molar-refractivity contribution >= 4 is 33.2 Å². The summed E-state index contributed by atoms with van der Waals surface area (Å²) in [7, 11) is 0. The molecule has 0 radical (unpaired) electrons. The number of halogens is 1. The zero-order valence-corrected chi connectivity index (χ0v) is 15.8. The predicted octanol–water partition coefficient (Wildman–Crippen LogP) is 4.58. The number of piperidine rings is 1. The van der Waals surface area contributed by atoms with E-state index in [0.717, 1.165) is 29.4 Å². The van der Waals surface area contributed by atoms with Crippen molar-refractivity contribution in [3.8, 4) is 11.5 Å². The van der Waals surface area contributed by atoms with Gasteiger partial charge in [-0.3, -0.25) is 4.79 Å². The Kier molecular flexibility index (Phi) is 4.67. The quantitative estimate of drug-likeness (QED) is 0.625. The van der Waals surface area contributed by atoms with Gasteiger partial charge in [-0.2, -0.15) is 11.3 Å². The fourth-order valence-electron chi connectivity index (χ4n) is 3.07. The van der Waals surface area contributed by atoms with E-state index in [-0.39, 0.29) is 11.8 Å². The van der Waals surface area contributed by atoms with E-state index < -0.39 is 0 Å². The number of hydrogen-bond donors (Lipinski definition) is 0. The van der Waals surface area contributed by atoms with Crippen LogP contribution in [0.5, 0.6) is 0 Å². The average molecular weight is 418 g/mol. The molecule has 1 aliphatic heterocycles. The summed E-state index contributed by atoms with van der Waals surface area (Å²) in [4.78, 5) is 14.7. The molecule has 25 heavy (non-hydrogen) atoms. The van der Waals surface area contributed by atoms with Gasteiger partial charge >= 0.3 is 0 Å². The van der Waals surface area contributed by atoms with E-state index in [1.54, 1.807) is 11.3 Å². The second-order valence-corrected chi connectivity index (χ2v) is 7.66. The van der Waals surface area contributed by atoms with Crippen LogP contribution < -0.4 is 0 Å². The van der Waals surface area contributed by atoms with E-state index in [1.807, 2.05) is 46.0 Å². The van der Waals surface area contributed by atoms with Crippen LogP contribution in [0.1, 0.15) is 35.0 Å². The van der Waals surface area contributed by atoms with Crippen molar-refractivity contribution in [3.05, 3.63) is 57.0 Å². The normalized spacial score (nSPS) is 17.6. The Labute approximate surface area is 157 Å². The summed E-state index contributed by atoms with van der Waals surface area (Å²) in [6.07, 6.45) is 1.88. The molecule has 3 aromatic rings. The number of rotatable bonds is 3. The maximum absolute atomic E-state index is 12.8. The lowest BCUT2D eigenvalue weighted by molar-refractivity contribution is 0.0697. The number of carbonyl (C=O) groups excluding carboxylic acids is 1. The molecule has 1 aromatic carbocycles. The molecule has 7 heteroatoms. The van der Waals surface area contributed by atoms with Crippen molar-refractivity contribution in [1.29, 1.82) is 0 Å². The summed E-state index contributed by atoms with van der Waals surface area (Å²) in [5.74, 6) is 1.28. The Morgan fingerprint density at radius 2 is 2.16 bits per heavy atom. The van der Waals surface area contributed by atoms with Crippen LogP contribution in [0.15, 0.2) is 50.0 Å². The van der Waals surface area contributed by atoms with Gasteiger partial charge in [0.1, 0.15) is 0 Å². The van der Waals surface area contributed by atoms with Crippen molar-refractivity contribution in [2.75, 3.05) is 13.1 Å². The lowest BCUT2D eigenvalue weighted by Crippen LogP contribution is -2.39. The molecule has 1 aliphatic rings. The van der Waals surface area contributed by atoms with E-state index in [0.29, 0.717) is 23.9 Å². The van der Waals surface area contributed by atoms with Crippen LogP contribution in [0.25, 0.3) is 11.5 Å². The van der Waals surface area contributed by atoms with Crippen LogP contribution in [-0.4, -0.2) is 34.1 Å². The molecule has 1 amide bonds. The molecule has 0 aliphatic carbocycles. The fourth-order valence-corrected chi connectivity index (χ4v) is 4.15. The topological polar surface area (TPSA) is 59.2 Å². The van der Waals surface area contributed by atoms with E-state index >= 15 is 0 Å². The van der Waals surface area contributed by atoms with Gasteiger partial charge in [0.15, 0.2) is 0 Å². The highest BCUT2D eigenvalue weighted by Crippen LogP contribution is 2.30. The Hall–Kier alpha value is -1.99. The number of aromatic nitrogens is 2. The Balaban J connectivity index is 1.51. The third-order valence-corrected chi connectivity index (χ3v) is 5.75. The van der Waals surface area contributed by atoms with Gasteiger partial charge in [0, 0.05) is 28.5 Å². The molecule has 0 saturated carbocycles. The molecule has 3 heterocycles. The molecule has 1 fully saturated rings. The van der Waals surface area contributed by atoms with Gasteiger partial charge in [-0.15, -0.1) is 10.2 Å². The lowest BCUT2D eigenvalue weighted by atomic mass is 9.97. The molecule has 1 unspecified atom stereocenters. The largest absolute Gasteiger partial charge is 0.420 e. The Bertz CT molecular complexity index is 878. The molecule has 0 spiro atoms. The Morgan fingerprint density at radius 1 is 1.28 bits per heavy atom. The summed E-state index contributed by atoms with van der Waals surface area (Å²) in [6, 6.07) is 9.48. The maximum atomic E-state index is 12.8. The zero-order chi connectivity index (χ0) is 17.2. The average Bonchev–Trinajstić information content (AvgIpc) is 3.33. The van der Waals surface area contributed by atoms with Crippen molar-refractivity contribution in [3.63, 3.8) is 0 Å². The molecule has 0 bridgehead atoms. The summed E-state index contributed by atoms with van der Waals surface area (Å²) in [5, 5.41) is 12.3. The van der Waals surface area contributed by atoms with Crippen molar-refractivity contribution < 1.29 is 9.21 Å².